The number of urea groups is 1. The van der Waals surface area contributed by atoms with Crippen LogP contribution in [0.25, 0.3) is 5.65 Å². The molecule has 1 saturated heterocycles. The molecule has 40 heavy (non-hydrogen) atoms. The van der Waals surface area contributed by atoms with E-state index < -0.39 is 17.9 Å². The highest BCUT2D eigenvalue weighted by Crippen LogP contribution is 2.46. The molecule has 11 nitrogen and oxygen atoms in total. The standard InChI is InChI=1S/C27H34F2N8O3/c1-14(2)19-12-36(26(39)32-19)24(17-4-5-17)18-10-21-31-20(13-37(21)30-11-18)23(16-6-8-27(28,29)9-7-16)33-25(38)22-15(3)34-40-35-22/h10-11,13-14,16-17,19,23-24H,4-9,12H2,1-3H3,(H,32,39)(H,33,38)/t19?,23-,24?/m0/s1. The number of carbonyl (C=O) groups is 2. The zero-order chi connectivity index (χ0) is 28.2. The molecule has 13 heteroatoms. The topological polar surface area (TPSA) is 131 Å². The van der Waals surface area contributed by atoms with Gasteiger partial charge in [-0.05, 0) is 67.1 Å². The van der Waals surface area contributed by atoms with Crippen molar-refractivity contribution in [3.8, 4) is 0 Å². The fourth-order valence-corrected chi connectivity index (χ4v) is 6.02. The van der Waals surface area contributed by atoms with Crippen LogP contribution in [0.3, 0.4) is 0 Å². The van der Waals surface area contributed by atoms with Gasteiger partial charge in [-0.3, -0.25) is 4.79 Å². The molecule has 3 aliphatic rings. The van der Waals surface area contributed by atoms with Crippen LogP contribution in [0.4, 0.5) is 13.6 Å². The number of nitrogens with one attached hydrogen (secondary N) is 2. The van der Waals surface area contributed by atoms with E-state index in [2.05, 4.69) is 44.5 Å². The van der Waals surface area contributed by atoms with Crippen molar-refractivity contribution in [3.05, 3.63) is 41.1 Å². The normalized spacial score (nSPS) is 23.0. The van der Waals surface area contributed by atoms with E-state index in [1.807, 2.05) is 11.0 Å². The number of hydrogen-bond donors (Lipinski definition) is 2. The Labute approximate surface area is 230 Å². The summed E-state index contributed by atoms with van der Waals surface area (Å²) in [7, 11) is 0. The number of fused-ring (bicyclic) bond motifs is 1. The van der Waals surface area contributed by atoms with Crippen molar-refractivity contribution in [3.63, 3.8) is 0 Å². The number of amides is 3. The first-order valence-corrected chi connectivity index (χ1v) is 14.0. The molecule has 2 unspecified atom stereocenters. The van der Waals surface area contributed by atoms with Gasteiger partial charge in [0.05, 0.1) is 36.2 Å². The fraction of sp³-hybridized carbons (Fsp3) is 0.630. The lowest BCUT2D eigenvalue weighted by molar-refractivity contribution is -0.0495. The van der Waals surface area contributed by atoms with Gasteiger partial charge in [0, 0.05) is 19.4 Å². The van der Waals surface area contributed by atoms with E-state index in [1.165, 1.54) is 0 Å². The van der Waals surface area contributed by atoms with E-state index in [0.717, 1.165) is 18.4 Å². The maximum Gasteiger partial charge on any atom is 0.318 e. The van der Waals surface area contributed by atoms with E-state index in [4.69, 9.17) is 4.98 Å². The number of aromatic nitrogens is 5. The van der Waals surface area contributed by atoms with E-state index in [-0.39, 0.29) is 55.4 Å². The number of aryl methyl sites for hydroxylation is 1. The van der Waals surface area contributed by atoms with Crippen molar-refractivity contribution in [1.29, 1.82) is 0 Å². The highest BCUT2D eigenvalue weighted by atomic mass is 19.3. The molecule has 3 fully saturated rings. The molecule has 0 spiro atoms. The monoisotopic (exact) mass is 556 g/mol. The van der Waals surface area contributed by atoms with Gasteiger partial charge in [-0.2, -0.15) is 5.10 Å². The predicted octanol–water partition coefficient (Wildman–Crippen LogP) is 4.22. The van der Waals surface area contributed by atoms with Crippen LogP contribution in [0.2, 0.25) is 0 Å². The Hall–Kier alpha value is -3.64. The minimum Gasteiger partial charge on any atom is -0.342 e. The molecule has 3 aromatic heterocycles. The smallest absolute Gasteiger partial charge is 0.318 e. The first kappa shape index (κ1) is 26.6. The quantitative estimate of drug-likeness (QED) is 0.425. The Balaban J connectivity index is 1.30. The number of hydrogen-bond acceptors (Lipinski definition) is 7. The van der Waals surface area contributed by atoms with Crippen molar-refractivity contribution in [1.82, 2.24) is 40.4 Å². The first-order chi connectivity index (χ1) is 19.1. The molecule has 3 atom stereocenters. The van der Waals surface area contributed by atoms with Gasteiger partial charge in [-0.25, -0.2) is 27.7 Å². The minimum atomic E-state index is -2.71. The van der Waals surface area contributed by atoms with Crippen molar-refractivity contribution in [2.75, 3.05) is 6.54 Å². The zero-order valence-corrected chi connectivity index (χ0v) is 22.8. The Morgan fingerprint density at radius 1 is 1.18 bits per heavy atom. The molecule has 0 radical (unpaired) electrons. The van der Waals surface area contributed by atoms with Gasteiger partial charge in [-0.1, -0.05) is 19.0 Å². The van der Waals surface area contributed by atoms with Crippen molar-refractivity contribution < 1.29 is 23.0 Å². The van der Waals surface area contributed by atoms with Crippen LogP contribution in [0, 0.1) is 24.7 Å². The van der Waals surface area contributed by atoms with Crippen LogP contribution in [0.5, 0.6) is 0 Å². The Morgan fingerprint density at radius 2 is 1.93 bits per heavy atom. The van der Waals surface area contributed by atoms with Gasteiger partial charge in [0.25, 0.3) is 5.91 Å². The third kappa shape index (κ3) is 5.13. The molecular weight excluding hydrogens is 522 g/mol. The minimum absolute atomic E-state index is 0.0474. The van der Waals surface area contributed by atoms with Crippen molar-refractivity contribution >= 4 is 17.6 Å². The first-order valence-electron chi connectivity index (χ1n) is 14.0. The highest BCUT2D eigenvalue weighted by Gasteiger charge is 2.44. The van der Waals surface area contributed by atoms with Gasteiger partial charge in [0.2, 0.25) is 5.92 Å². The molecule has 0 aromatic carbocycles. The Morgan fingerprint density at radius 3 is 2.55 bits per heavy atom. The molecule has 2 saturated carbocycles. The Bertz CT molecular complexity index is 1410. The van der Waals surface area contributed by atoms with Gasteiger partial charge in [-0.15, -0.1) is 0 Å². The molecule has 2 N–H and O–H groups in total. The number of imidazole rings is 1. The average molecular weight is 557 g/mol. The molecule has 214 valence electrons. The van der Waals surface area contributed by atoms with Crippen LogP contribution >= 0.6 is 0 Å². The van der Waals surface area contributed by atoms with E-state index in [9.17, 15) is 18.4 Å². The third-order valence-electron chi connectivity index (χ3n) is 8.58. The summed E-state index contributed by atoms with van der Waals surface area (Å²) in [6, 6.07) is 1.25. The highest BCUT2D eigenvalue weighted by molar-refractivity contribution is 5.93. The summed E-state index contributed by atoms with van der Waals surface area (Å²) < 4.78 is 34.3. The lowest BCUT2D eigenvalue weighted by Gasteiger charge is -2.33. The maximum atomic E-state index is 14.0. The number of rotatable bonds is 8. The van der Waals surface area contributed by atoms with Gasteiger partial charge >= 0.3 is 6.03 Å². The second-order valence-electron chi connectivity index (χ2n) is 11.8. The average Bonchev–Trinajstić information content (AvgIpc) is 3.30. The van der Waals surface area contributed by atoms with E-state index in [1.54, 1.807) is 23.8 Å². The van der Waals surface area contributed by atoms with Crippen LogP contribution in [0.1, 0.15) is 91.9 Å². The summed E-state index contributed by atoms with van der Waals surface area (Å²) in [5.74, 6) is -2.76. The summed E-state index contributed by atoms with van der Waals surface area (Å²) in [6.07, 6.45) is 5.58. The van der Waals surface area contributed by atoms with Crippen molar-refractivity contribution in [2.24, 2.45) is 17.8 Å². The molecule has 1 aliphatic heterocycles. The molecule has 0 bridgehead atoms. The van der Waals surface area contributed by atoms with Crippen LogP contribution in [-0.4, -0.2) is 60.3 Å². The maximum absolute atomic E-state index is 14.0. The number of nitrogens with zero attached hydrogens (tertiary/aromatic N) is 6. The lowest BCUT2D eigenvalue weighted by Crippen LogP contribution is -2.37. The zero-order valence-electron chi connectivity index (χ0n) is 22.8. The molecular formula is C27H34F2N8O3. The van der Waals surface area contributed by atoms with E-state index in [0.29, 0.717) is 35.4 Å². The molecule has 3 aromatic rings. The summed E-state index contributed by atoms with van der Waals surface area (Å²) in [5.41, 5.74) is 2.39. The summed E-state index contributed by atoms with van der Waals surface area (Å²) >= 11 is 0. The molecule has 4 heterocycles. The van der Waals surface area contributed by atoms with Crippen LogP contribution in [-0.2, 0) is 0 Å². The summed E-state index contributed by atoms with van der Waals surface area (Å²) in [5, 5.41) is 18.0. The predicted molar refractivity (Wildman–Crippen MR) is 138 cm³/mol. The number of carbonyl (C=O) groups excluding carboxylic acids is 2. The number of alkyl halides is 2. The fourth-order valence-electron chi connectivity index (χ4n) is 6.02. The van der Waals surface area contributed by atoms with Gasteiger partial charge in [0.1, 0.15) is 5.69 Å². The van der Waals surface area contributed by atoms with E-state index >= 15 is 0 Å². The molecule has 2 aliphatic carbocycles. The lowest BCUT2D eigenvalue weighted by atomic mass is 9.81. The second kappa shape index (κ2) is 10.1. The molecule has 6 rings (SSSR count). The number of halogens is 2. The van der Waals surface area contributed by atoms with Crippen LogP contribution in [0.15, 0.2) is 23.1 Å². The molecule has 3 amide bonds. The summed E-state index contributed by atoms with van der Waals surface area (Å²) in [4.78, 5) is 32.7. The Kier molecular flexibility index (Phi) is 6.70. The SMILES string of the molecule is Cc1nonc1C(=O)N[C@H](c1cn2ncc(C(C3CC3)N3CC(C(C)C)NC3=O)cc2n1)C1CCC(F)(F)CC1. The second-order valence-corrected chi connectivity index (χ2v) is 11.8. The largest absolute Gasteiger partial charge is 0.342 e. The third-order valence-corrected chi connectivity index (χ3v) is 8.58. The van der Waals surface area contributed by atoms with Gasteiger partial charge < -0.3 is 15.5 Å². The van der Waals surface area contributed by atoms with Crippen LogP contribution < -0.4 is 10.6 Å². The summed E-state index contributed by atoms with van der Waals surface area (Å²) in [6.45, 7) is 6.45. The van der Waals surface area contributed by atoms with Gasteiger partial charge in [0.15, 0.2) is 11.3 Å². The van der Waals surface area contributed by atoms with Crippen molar-refractivity contribution in [2.45, 2.75) is 83.3 Å².